The number of ether oxygens (including phenoxy) is 2. The van der Waals surface area contributed by atoms with Gasteiger partial charge >= 0.3 is 11.9 Å². The number of aromatic nitrogens is 1. The smallest absolute Gasteiger partial charge is 0.355 e. The van der Waals surface area contributed by atoms with Crippen LogP contribution in [-0.2, 0) is 26.6 Å². The topological polar surface area (TPSA) is 68.4 Å². The van der Waals surface area contributed by atoms with Crippen molar-refractivity contribution < 1.29 is 19.1 Å². The van der Waals surface area contributed by atoms with Gasteiger partial charge in [-0.05, 0) is 30.9 Å². The van der Waals surface area contributed by atoms with Crippen molar-refractivity contribution in [2.45, 2.75) is 32.1 Å². The van der Waals surface area contributed by atoms with E-state index in [1.165, 1.54) is 7.11 Å². The summed E-state index contributed by atoms with van der Waals surface area (Å²) in [6, 6.07) is 5.77. The molecule has 2 rings (SSSR count). The first-order valence-corrected chi connectivity index (χ1v) is 8.08. The van der Waals surface area contributed by atoms with Crippen molar-refractivity contribution in [2.75, 3.05) is 13.7 Å². The van der Waals surface area contributed by atoms with Crippen molar-refractivity contribution in [2.24, 2.45) is 0 Å². The predicted octanol–water partition coefficient (Wildman–Crippen LogP) is 3.58. The number of carbonyl (C=O) groups excluding carboxylic acids is 2. The molecule has 2 aromatic rings. The van der Waals surface area contributed by atoms with Crippen molar-refractivity contribution >= 4 is 34.4 Å². The average Bonchev–Trinajstić information content (AvgIpc) is 2.93. The molecule has 0 aliphatic heterocycles. The second kappa shape index (κ2) is 8.02. The number of esters is 2. The van der Waals surface area contributed by atoms with E-state index in [1.807, 2.05) is 18.2 Å². The normalized spacial score (nSPS) is 10.7. The Kier molecular flexibility index (Phi) is 6.04. The lowest BCUT2D eigenvalue weighted by molar-refractivity contribution is -0.140. The number of fused-ring (bicyclic) bond motifs is 1. The Balaban J connectivity index is 2.39. The van der Waals surface area contributed by atoms with E-state index in [4.69, 9.17) is 16.3 Å². The summed E-state index contributed by atoms with van der Waals surface area (Å²) in [5.41, 5.74) is 3.06. The van der Waals surface area contributed by atoms with Crippen molar-refractivity contribution in [3.8, 4) is 0 Å². The maximum Gasteiger partial charge on any atom is 0.355 e. The van der Waals surface area contributed by atoms with Gasteiger partial charge in [-0.25, -0.2) is 4.79 Å². The van der Waals surface area contributed by atoms with Crippen molar-refractivity contribution in [3.05, 3.63) is 35.0 Å². The van der Waals surface area contributed by atoms with E-state index in [1.54, 1.807) is 6.92 Å². The first kappa shape index (κ1) is 17.3. The van der Waals surface area contributed by atoms with Crippen LogP contribution in [0.25, 0.3) is 10.9 Å². The van der Waals surface area contributed by atoms with Crippen LogP contribution in [0.1, 0.15) is 41.4 Å². The molecule has 1 heterocycles. The van der Waals surface area contributed by atoms with Gasteiger partial charge in [-0.15, -0.1) is 11.6 Å². The number of hydrogen-bond donors (Lipinski definition) is 1. The molecule has 0 saturated heterocycles. The van der Waals surface area contributed by atoms with Crippen molar-refractivity contribution in [1.82, 2.24) is 4.98 Å². The Hall–Kier alpha value is -2.01. The summed E-state index contributed by atoms with van der Waals surface area (Å²) in [4.78, 5) is 26.6. The molecule has 0 bridgehead atoms. The number of benzene rings is 1. The van der Waals surface area contributed by atoms with E-state index in [0.717, 1.165) is 22.0 Å². The van der Waals surface area contributed by atoms with Crippen LogP contribution in [0.5, 0.6) is 0 Å². The lowest BCUT2D eigenvalue weighted by Crippen LogP contribution is -2.08. The summed E-state index contributed by atoms with van der Waals surface area (Å²) in [5.74, 6) is -0.303. The minimum absolute atomic E-state index is 0.260. The highest BCUT2D eigenvalue weighted by molar-refractivity contribution is 6.18. The van der Waals surface area contributed by atoms with Crippen molar-refractivity contribution in [1.29, 1.82) is 0 Å². The molecule has 6 heteroatoms. The van der Waals surface area contributed by atoms with Crippen LogP contribution in [-0.4, -0.2) is 30.6 Å². The van der Waals surface area contributed by atoms with Crippen LogP contribution in [0.2, 0.25) is 0 Å². The Morgan fingerprint density at radius 3 is 2.74 bits per heavy atom. The lowest BCUT2D eigenvalue weighted by atomic mass is 10.0. The monoisotopic (exact) mass is 337 g/mol. The summed E-state index contributed by atoms with van der Waals surface area (Å²) in [6.07, 6.45) is 1.48. The van der Waals surface area contributed by atoms with Gasteiger partial charge in [0, 0.05) is 17.7 Å². The molecule has 0 amide bonds. The largest absolute Gasteiger partial charge is 0.469 e. The fraction of sp³-hybridized carbons (Fsp3) is 0.412. The van der Waals surface area contributed by atoms with Crippen LogP contribution in [0.3, 0.4) is 0 Å². The fourth-order valence-corrected chi connectivity index (χ4v) is 2.82. The maximum atomic E-state index is 12.2. The van der Waals surface area contributed by atoms with Gasteiger partial charge in [-0.1, -0.05) is 18.2 Å². The fourth-order valence-electron chi connectivity index (χ4n) is 2.59. The van der Waals surface area contributed by atoms with Gasteiger partial charge < -0.3 is 14.5 Å². The van der Waals surface area contributed by atoms with Gasteiger partial charge in [0.2, 0.25) is 0 Å². The van der Waals surface area contributed by atoms with Gasteiger partial charge in [-0.3, -0.25) is 4.79 Å². The second-order valence-corrected chi connectivity index (χ2v) is 5.37. The molecule has 1 aromatic carbocycles. The Morgan fingerprint density at radius 2 is 2.09 bits per heavy atom. The molecular weight excluding hydrogens is 318 g/mol. The molecule has 1 N–H and O–H groups in total. The highest BCUT2D eigenvalue weighted by Crippen LogP contribution is 2.28. The van der Waals surface area contributed by atoms with Gasteiger partial charge in [0.15, 0.2) is 0 Å². The summed E-state index contributed by atoms with van der Waals surface area (Å²) >= 11 is 5.98. The van der Waals surface area contributed by atoms with Crippen molar-refractivity contribution in [3.63, 3.8) is 0 Å². The number of halogens is 1. The average molecular weight is 338 g/mol. The summed E-state index contributed by atoms with van der Waals surface area (Å²) < 4.78 is 9.78. The molecule has 0 aliphatic rings. The molecule has 0 atom stereocenters. The van der Waals surface area contributed by atoms with Crippen LogP contribution >= 0.6 is 11.6 Å². The number of H-pyrrole nitrogens is 1. The number of carbonyl (C=O) groups is 2. The number of rotatable bonds is 7. The van der Waals surface area contributed by atoms with E-state index in [2.05, 4.69) is 9.72 Å². The van der Waals surface area contributed by atoms with Crippen LogP contribution in [0.15, 0.2) is 18.2 Å². The maximum absolute atomic E-state index is 12.2. The zero-order valence-corrected chi connectivity index (χ0v) is 14.0. The zero-order valence-electron chi connectivity index (χ0n) is 13.3. The van der Waals surface area contributed by atoms with Gasteiger partial charge in [0.05, 0.1) is 19.2 Å². The number of nitrogens with one attached hydrogen (secondary N) is 1. The highest BCUT2D eigenvalue weighted by atomic mass is 35.5. The number of methoxy groups -OCH3 is 1. The molecule has 5 nitrogen and oxygen atoms in total. The number of hydrogen-bond acceptors (Lipinski definition) is 4. The van der Waals surface area contributed by atoms with Gasteiger partial charge in [0.25, 0.3) is 0 Å². The van der Waals surface area contributed by atoms with E-state index < -0.39 is 5.97 Å². The zero-order chi connectivity index (χ0) is 16.8. The number of aryl methyl sites for hydroxylation is 1. The number of aromatic amines is 1. The predicted molar refractivity (Wildman–Crippen MR) is 88.8 cm³/mol. The van der Waals surface area contributed by atoms with Crippen LogP contribution < -0.4 is 0 Å². The Labute approximate surface area is 139 Å². The lowest BCUT2D eigenvalue weighted by Gasteiger charge is -2.04. The van der Waals surface area contributed by atoms with E-state index >= 15 is 0 Å². The SMILES string of the molecule is CCOC(=O)c1[nH]c2c(CCl)cccc2c1CCCC(=O)OC. The third kappa shape index (κ3) is 3.85. The van der Waals surface area contributed by atoms with E-state index in [9.17, 15) is 9.59 Å². The molecule has 23 heavy (non-hydrogen) atoms. The third-order valence-corrected chi connectivity index (χ3v) is 3.97. The quantitative estimate of drug-likeness (QED) is 0.619. The van der Waals surface area contributed by atoms with Gasteiger partial charge in [0.1, 0.15) is 5.69 Å². The standard InChI is InChI=1S/C17H20ClNO4/c1-3-23-17(21)16-13(8-5-9-14(20)22-2)12-7-4-6-11(10-18)15(12)19-16/h4,6-7,19H,3,5,8-10H2,1-2H3. The van der Waals surface area contributed by atoms with Crippen LogP contribution in [0, 0.1) is 0 Å². The van der Waals surface area contributed by atoms with Gasteiger partial charge in [-0.2, -0.15) is 0 Å². The number of alkyl halides is 1. The molecule has 124 valence electrons. The minimum atomic E-state index is -0.391. The van der Waals surface area contributed by atoms with E-state index in [-0.39, 0.29) is 5.97 Å². The summed E-state index contributed by atoms with van der Waals surface area (Å²) in [7, 11) is 1.37. The summed E-state index contributed by atoms with van der Waals surface area (Å²) in [5, 5.41) is 0.941. The Bertz CT molecular complexity index is 708. The highest BCUT2D eigenvalue weighted by Gasteiger charge is 2.20. The molecule has 0 spiro atoms. The molecule has 1 aromatic heterocycles. The molecule has 0 saturated carbocycles. The summed E-state index contributed by atoms with van der Waals surface area (Å²) in [6.45, 7) is 2.07. The second-order valence-electron chi connectivity index (χ2n) is 5.10. The molecule has 0 unspecified atom stereocenters. The minimum Gasteiger partial charge on any atom is -0.469 e. The number of para-hydroxylation sites is 1. The first-order chi connectivity index (χ1) is 11.1. The molecule has 0 fully saturated rings. The molecule has 0 aliphatic carbocycles. The Morgan fingerprint density at radius 1 is 1.30 bits per heavy atom. The third-order valence-electron chi connectivity index (χ3n) is 3.69. The molecule has 0 radical (unpaired) electrons. The first-order valence-electron chi connectivity index (χ1n) is 7.54. The van der Waals surface area contributed by atoms with E-state index in [0.29, 0.717) is 37.4 Å². The van der Waals surface area contributed by atoms with Crippen LogP contribution in [0.4, 0.5) is 0 Å². The molecular formula is C17H20ClNO4.